The van der Waals surface area contributed by atoms with E-state index in [1.807, 2.05) is 27.2 Å². The van der Waals surface area contributed by atoms with E-state index in [4.69, 9.17) is 0 Å². The van der Waals surface area contributed by atoms with Gasteiger partial charge in [-0.3, -0.25) is 0 Å². The minimum Gasteiger partial charge on any atom is -0.315 e. The minimum absolute atomic E-state index is 0.191. The first-order valence-corrected chi connectivity index (χ1v) is 6.07. The number of benzene rings is 1. The molecule has 0 aliphatic carbocycles. The van der Waals surface area contributed by atoms with Crippen molar-refractivity contribution in [3.05, 3.63) is 34.1 Å². The van der Waals surface area contributed by atoms with Crippen LogP contribution >= 0.6 is 15.9 Å². The molecule has 1 N–H and O–H groups in total. The molecule has 1 unspecified atom stereocenters. The Kier molecular flexibility index (Phi) is 5.38. The molecule has 2 nitrogen and oxygen atoms in total. The Bertz CT molecular complexity index is 322. The highest BCUT2D eigenvalue weighted by Gasteiger charge is 2.09. The van der Waals surface area contributed by atoms with Crippen molar-refractivity contribution in [2.75, 3.05) is 27.7 Å². The molecule has 0 saturated heterocycles. The van der Waals surface area contributed by atoms with Gasteiger partial charge in [-0.25, -0.2) is 4.39 Å². The molecule has 1 rings (SSSR count). The van der Waals surface area contributed by atoms with Crippen molar-refractivity contribution in [2.45, 2.75) is 12.5 Å². The van der Waals surface area contributed by atoms with Gasteiger partial charge in [0.2, 0.25) is 0 Å². The Hall–Kier alpha value is -0.450. The Morgan fingerprint density at radius 1 is 1.38 bits per heavy atom. The summed E-state index contributed by atoms with van der Waals surface area (Å²) < 4.78 is 14.0. The van der Waals surface area contributed by atoms with Crippen molar-refractivity contribution < 1.29 is 4.39 Å². The lowest BCUT2D eigenvalue weighted by atomic mass is 10.1. The van der Waals surface area contributed by atoms with Crippen LogP contribution in [0.4, 0.5) is 4.39 Å². The van der Waals surface area contributed by atoms with E-state index in [1.54, 1.807) is 6.07 Å². The lowest BCUT2D eigenvalue weighted by Gasteiger charge is -2.20. The molecule has 0 aromatic heterocycles. The van der Waals surface area contributed by atoms with Crippen LogP contribution in [0.2, 0.25) is 0 Å². The number of hydrogen-bond donors (Lipinski definition) is 1. The van der Waals surface area contributed by atoms with Crippen molar-refractivity contribution in [1.29, 1.82) is 0 Å². The first-order valence-electron chi connectivity index (χ1n) is 5.28. The summed E-state index contributed by atoms with van der Waals surface area (Å²) >= 11 is 3.30. The fraction of sp³-hybridized carbons (Fsp3) is 0.500. The largest absolute Gasteiger partial charge is 0.315 e. The van der Waals surface area contributed by atoms with Gasteiger partial charge in [-0.2, -0.15) is 0 Å². The molecule has 1 atom stereocenters. The van der Waals surface area contributed by atoms with E-state index in [0.717, 1.165) is 23.0 Å². The van der Waals surface area contributed by atoms with Crippen LogP contribution in [-0.2, 0) is 6.42 Å². The molecule has 0 spiro atoms. The van der Waals surface area contributed by atoms with Gasteiger partial charge in [-0.05, 0) is 51.3 Å². The van der Waals surface area contributed by atoms with Gasteiger partial charge in [0.25, 0.3) is 0 Å². The van der Waals surface area contributed by atoms with Crippen molar-refractivity contribution in [2.24, 2.45) is 0 Å². The van der Waals surface area contributed by atoms with Gasteiger partial charge < -0.3 is 10.2 Å². The fourth-order valence-corrected chi connectivity index (χ4v) is 2.22. The van der Waals surface area contributed by atoms with Crippen molar-refractivity contribution in [3.8, 4) is 0 Å². The second-order valence-electron chi connectivity index (χ2n) is 4.23. The quantitative estimate of drug-likeness (QED) is 0.894. The fourth-order valence-electron chi connectivity index (χ4n) is 1.71. The Balaban J connectivity index is 2.69. The van der Waals surface area contributed by atoms with Crippen LogP contribution in [0.15, 0.2) is 22.7 Å². The van der Waals surface area contributed by atoms with Gasteiger partial charge in [0.1, 0.15) is 5.82 Å². The van der Waals surface area contributed by atoms with Crippen LogP contribution in [0, 0.1) is 5.82 Å². The highest BCUT2D eigenvalue weighted by atomic mass is 79.9. The predicted molar refractivity (Wildman–Crippen MR) is 69.2 cm³/mol. The van der Waals surface area contributed by atoms with Gasteiger partial charge in [-0.15, -0.1) is 0 Å². The van der Waals surface area contributed by atoms with E-state index in [-0.39, 0.29) is 5.82 Å². The van der Waals surface area contributed by atoms with Crippen LogP contribution < -0.4 is 5.32 Å². The first kappa shape index (κ1) is 13.6. The molecular weight excluding hydrogens is 271 g/mol. The number of nitrogens with one attached hydrogen (secondary N) is 1. The molecule has 4 heteroatoms. The van der Waals surface area contributed by atoms with E-state index in [1.165, 1.54) is 6.07 Å². The van der Waals surface area contributed by atoms with E-state index in [0.29, 0.717) is 6.04 Å². The standard InChI is InChI=1S/C12H18BrFN2/c1-15-12(8-16(2)3)6-9-4-10(13)7-11(14)5-9/h4-5,7,12,15H,6,8H2,1-3H3. The van der Waals surface area contributed by atoms with E-state index >= 15 is 0 Å². The SMILES string of the molecule is CNC(Cc1cc(F)cc(Br)c1)CN(C)C. The molecule has 90 valence electrons. The van der Waals surface area contributed by atoms with Gasteiger partial charge in [0.05, 0.1) is 0 Å². The number of hydrogen-bond acceptors (Lipinski definition) is 2. The van der Waals surface area contributed by atoms with Crippen LogP contribution in [0.1, 0.15) is 5.56 Å². The highest BCUT2D eigenvalue weighted by Crippen LogP contribution is 2.16. The molecule has 0 aliphatic rings. The van der Waals surface area contributed by atoms with Crippen molar-refractivity contribution in [1.82, 2.24) is 10.2 Å². The average molecular weight is 289 g/mol. The molecule has 0 amide bonds. The zero-order valence-corrected chi connectivity index (χ0v) is 11.5. The van der Waals surface area contributed by atoms with Gasteiger partial charge >= 0.3 is 0 Å². The summed E-state index contributed by atoms with van der Waals surface area (Å²) in [4.78, 5) is 2.12. The second kappa shape index (κ2) is 6.33. The van der Waals surface area contributed by atoms with Gasteiger partial charge in [0, 0.05) is 17.1 Å². The maximum Gasteiger partial charge on any atom is 0.124 e. The third-order valence-electron chi connectivity index (χ3n) is 2.40. The van der Waals surface area contributed by atoms with Crippen LogP contribution in [0.3, 0.4) is 0 Å². The number of rotatable bonds is 5. The maximum absolute atomic E-state index is 13.2. The molecule has 0 fully saturated rings. The maximum atomic E-state index is 13.2. The average Bonchev–Trinajstić information content (AvgIpc) is 2.14. The normalized spacial score (nSPS) is 13.1. The summed E-state index contributed by atoms with van der Waals surface area (Å²) in [6, 6.07) is 5.36. The lowest BCUT2D eigenvalue weighted by Crippen LogP contribution is -2.37. The van der Waals surface area contributed by atoms with Crippen LogP contribution in [0.25, 0.3) is 0 Å². The van der Waals surface area contributed by atoms with Crippen molar-refractivity contribution in [3.63, 3.8) is 0 Å². The lowest BCUT2D eigenvalue weighted by molar-refractivity contribution is 0.346. The summed E-state index contributed by atoms with van der Waals surface area (Å²) in [6.07, 6.45) is 0.824. The third kappa shape index (κ3) is 4.60. The van der Waals surface area contributed by atoms with Crippen LogP contribution in [0.5, 0.6) is 0 Å². The zero-order chi connectivity index (χ0) is 12.1. The topological polar surface area (TPSA) is 15.3 Å². The Morgan fingerprint density at radius 2 is 2.06 bits per heavy atom. The molecule has 1 aromatic rings. The highest BCUT2D eigenvalue weighted by molar-refractivity contribution is 9.10. The molecular formula is C12H18BrFN2. The van der Waals surface area contributed by atoms with E-state index in [2.05, 4.69) is 26.1 Å². The predicted octanol–water partition coefficient (Wildman–Crippen LogP) is 2.28. The summed E-state index contributed by atoms with van der Waals surface area (Å²) in [6.45, 7) is 0.935. The second-order valence-corrected chi connectivity index (χ2v) is 5.15. The van der Waals surface area contributed by atoms with Crippen molar-refractivity contribution >= 4 is 15.9 Å². The molecule has 0 saturated carbocycles. The smallest absolute Gasteiger partial charge is 0.124 e. The minimum atomic E-state index is -0.191. The molecule has 16 heavy (non-hydrogen) atoms. The third-order valence-corrected chi connectivity index (χ3v) is 2.86. The van der Waals surface area contributed by atoms with E-state index in [9.17, 15) is 4.39 Å². The van der Waals surface area contributed by atoms with Crippen LogP contribution in [-0.4, -0.2) is 38.6 Å². The molecule has 0 heterocycles. The van der Waals surface area contributed by atoms with E-state index < -0.39 is 0 Å². The molecule has 1 aromatic carbocycles. The number of nitrogens with zero attached hydrogens (tertiary/aromatic N) is 1. The first-order chi connectivity index (χ1) is 7.51. The number of halogens is 2. The molecule has 0 radical (unpaired) electrons. The monoisotopic (exact) mass is 288 g/mol. The summed E-state index contributed by atoms with van der Waals surface area (Å²) in [5.74, 6) is -0.191. The van der Waals surface area contributed by atoms with Gasteiger partial charge in [-0.1, -0.05) is 15.9 Å². The molecule has 0 aliphatic heterocycles. The Labute approximate surface area is 105 Å². The van der Waals surface area contributed by atoms with Gasteiger partial charge in [0.15, 0.2) is 0 Å². The number of likely N-dealkylation sites (N-methyl/N-ethyl adjacent to an activating group) is 2. The summed E-state index contributed by atoms with van der Waals surface area (Å²) in [7, 11) is 6.00. The summed E-state index contributed by atoms with van der Waals surface area (Å²) in [5, 5.41) is 3.24. The Morgan fingerprint density at radius 3 is 2.56 bits per heavy atom. The molecule has 0 bridgehead atoms. The summed E-state index contributed by atoms with van der Waals surface area (Å²) in [5.41, 5.74) is 1.01. The zero-order valence-electron chi connectivity index (χ0n) is 9.93.